The summed E-state index contributed by atoms with van der Waals surface area (Å²) >= 11 is 0. The predicted molar refractivity (Wildman–Crippen MR) is 110 cm³/mol. The molecule has 0 unspecified atom stereocenters. The van der Waals surface area contributed by atoms with Gasteiger partial charge in [0.25, 0.3) is 5.91 Å². The van der Waals surface area contributed by atoms with E-state index in [-0.39, 0.29) is 17.3 Å². The molecule has 0 aromatic heterocycles. The fourth-order valence-electron chi connectivity index (χ4n) is 3.33. The Hall–Kier alpha value is -2.58. The number of carbonyl (C=O) groups is 1. The molecule has 1 aliphatic heterocycles. The van der Waals surface area contributed by atoms with Crippen molar-refractivity contribution >= 4 is 15.9 Å². The highest BCUT2D eigenvalue weighted by molar-refractivity contribution is 7.89. The van der Waals surface area contributed by atoms with Crippen LogP contribution in [-0.2, 0) is 16.6 Å². The number of nitrogens with one attached hydrogen (secondary N) is 1. The lowest BCUT2D eigenvalue weighted by Gasteiger charge is -2.26. The largest absolute Gasteiger partial charge is 0.497 e. The summed E-state index contributed by atoms with van der Waals surface area (Å²) in [6.07, 6.45) is 2.77. The molecule has 0 aliphatic carbocycles. The van der Waals surface area contributed by atoms with Gasteiger partial charge in [-0.25, -0.2) is 8.42 Å². The number of benzene rings is 2. The van der Waals surface area contributed by atoms with Crippen LogP contribution in [0, 0.1) is 0 Å². The van der Waals surface area contributed by atoms with Gasteiger partial charge in [0.15, 0.2) is 0 Å². The van der Waals surface area contributed by atoms with E-state index in [9.17, 15) is 13.2 Å². The summed E-state index contributed by atoms with van der Waals surface area (Å²) in [6.45, 7) is 1.29. The zero-order chi connectivity index (χ0) is 20.9. The summed E-state index contributed by atoms with van der Waals surface area (Å²) in [7, 11) is -0.463. The Kier molecular flexibility index (Phi) is 6.76. The average molecular weight is 419 g/mol. The van der Waals surface area contributed by atoms with Gasteiger partial charge in [-0.2, -0.15) is 4.31 Å². The van der Waals surface area contributed by atoms with Crippen molar-refractivity contribution in [2.24, 2.45) is 0 Å². The quantitative estimate of drug-likeness (QED) is 0.747. The molecule has 7 nitrogen and oxygen atoms in total. The molecule has 1 heterocycles. The zero-order valence-electron chi connectivity index (χ0n) is 16.7. The maximum atomic E-state index is 12.9. The molecule has 29 heavy (non-hydrogen) atoms. The van der Waals surface area contributed by atoms with Crippen LogP contribution in [0.4, 0.5) is 0 Å². The molecule has 1 N–H and O–H groups in total. The lowest BCUT2D eigenvalue weighted by molar-refractivity contribution is 0.0950. The first kappa shape index (κ1) is 21.1. The number of nitrogens with zero attached hydrogens (tertiary/aromatic N) is 1. The fraction of sp³-hybridized carbons (Fsp3) is 0.381. The van der Waals surface area contributed by atoms with Gasteiger partial charge in [-0.1, -0.05) is 12.5 Å². The van der Waals surface area contributed by atoms with Gasteiger partial charge in [0.2, 0.25) is 10.0 Å². The third kappa shape index (κ3) is 4.89. The number of piperidine rings is 1. The molecule has 3 rings (SSSR count). The SMILES string of the molecule is COc1ccc(CNC(=O)c2cccc(S(=O)(=O)N3CCCCC3)c2)c(OC)c1. The summed E-state index contributed by atoms with van der Waals surface area (Å²) < 4.78 is 37.7. The Labute approximate surface area is 171 Å². The topological polar surface area (TPSA) is 84.9 Å². The number of amides is 1. The van der Waals surface area contributed by atoms with Crippen LogP contribution in [-0.4, -0.2) is 45.9 Å². The van der Waals surface area contributed by atoms with E-state index in [0.29, 0.717) is 30.2 Å². The van der Waals surface area contributed by atoms with Gasteiger partial charge in [-0.15, -0.1) is 0 Å². The molecule has 1 amide bonds. The third-order valence-electron chi connectivity index (χ3n) is 4.98. The lowest BCUT2D eigenvalue weighted by Crippen LogP contribution is -2.35. The van der Waals surface area contributed by atoms with Crippen molar-refractivity contribution in [3.05, 3.63) is 53.6 Å². The number of hydrogen-bond donors (Lipinski definition) is 1. The molecule has 2 aromatic carbocycles. The second kappa shape index (κ2) is 9.28. The zero-order valence-corrected chi connectivity index (χ0v) is 17.5. The van der Waals surface area contributed by atoms with Gasteiger partial charge >= 0.3 is 0 Å². The van der Waals surface area contributed by atoms with Gasteiger partial charge in [-0.3, -0.25) is 4.79 Å². The van der Waals surface area contributed by atoms with Crippen LogP contribution in [0.3, 0.4) is 0 Å². The van der Waals surface area contributed by atoms with E-state index in [2.05, 4.69) is 5.32 Å². The fourth-order valence-corrected chi connectivity index (χ4v) is 4.89. The van der Waals surface area contributed by atoms with E-state index < -0.39 is 10.0 Å². The molecule has 0 atom stereocenters. The average Bonchev–Trinajstić information content (AvgIpc) is 2.78. The van der Waals surface area contributed by atoms with Crippen LogP contribution < -0.4 is 14.8 Å². The molecule has 1 aliphatic rings. The van der Waals surface area contributed by atoms with Crippen LogP contribution in [0.25, 0.3) is 0 Å². The van der Waals surface area contributed by atoms with Crippen molar-refractivity contribution in [3.8, 4) is 11.5 Å². The first-order valence-corrected chi connectivity index (χ1v) is 11.0. The molecule has 8 heteroatoms. The van der Waals surface area contributed by atoms with E-state index in [4.69, 9.17) is 9.47 Å². The summed E-state index contributed by atoms with van der Waals surface area (Å²) in [5.41, 5.74) is 1.09. The van der Waals surface area contributed by atoms with Gasteiger partial charge in [0.05, 0.1) is 19.1 Å². The van der Waals surface area contributed by atoms with E-state index in [1.807, 2.05) is 6.07 Å². The van der Waals surface area contributed by atoms with Gasteiger partial charge in [0, 0.05) is 36.8 Å². The van der Waals surface area contributed by atoms with E-state index >= 15 is 0 Å². The normalized spacial score (nSPS) is 15.0. The number of ether oxygens (including phenoxy) is 2. The standard InChI is InChI=1S/C21H26N2O5S/c1-27-18-10-9-17(20(14-18)28-2)15-22-21(24)16-7-6-8-19(13-16)29(25,26)23-11-4-3-5-12-23/h6-10,13-14H,3-5,11-12,15H2,1-2H3,(H,22,24). The number of sulfonamides is 1. The maximum absolute atomic E-state index is 12.9. The van der Waals surface area contributed by atoms with Crippen molar-refractivity contribution in [1.82, 2.24) is 9.62 Å². The Morgan fingerprint density at radius 3 is 2.48 bits per heavy atom. The van der Waals surface area contributed by atoms with E-state index in [1.54, 1.807) is 38.5 Å². The summed E-state index contributed by atoms with van der Waals surface area (Å²) in [5, 5.41) is 2.82. The van der Waals surface area contributed by atoms with Crippen LogP contribution in [0.2, 0.25) is 0 Å². The molecule has 2 aromatic rings. The van der Waals surface area contributed by atoms with Crippen molar-refractivity contribution in [1.29, 1.82) is 0 Å². The third-order valence-corrected chi connectivity index (χ3v) is 6.88. The molecule has 0 bridgehead atoms. The summed E-state index contributed by atoms with van der Waals surface area (Å²) in [5.74, 6) is 0.914. The highest BCUT2D eigenvalue weighted by Gasteiger charge is 2.26. The second-order valence-corrected chi connectivity index (χ2v) is 8.79. The molecule has 156 valence electrons. The highest BCUT2D eigenvalue weighted by Crippen LogP contribution is 2.25. The van der Waals surface area contributed by atoms with Crippen molar-refractivity contribution in [2.45, 2.75) is 30.7 Å². The van der Waals surface area contributed by atoms with E-state index in [1.165, 1.54) is 16.4 Å². The minimum absolute atomic E-state index is 0.147. The molecular weight excluding hydrogens is 392 g/mol. The van der Waals surface area contributed by atoms with Crippen LogP contribution in [0.5, 0.6) is 11.5 Å². The Bertz CT molecular complexity index is 969. The Morgan fingerprint density at radius 1 is 1.03 bits per heavy atom. The van der Waals surface area contributed by atoms with Gasteiger partial charge in [-0.05, 0) is 43.2 Å². The minimum atomic E-state index is -3.58. The second-order valence-electron chi connectivity index (χ2n) is 6.85. The van der Waals surface area contributed by atoms with Crippen LogP contribution in [0.15, 0.2) is 47.4 Å². The predicted octanol–water partition coefficient (Wildman–Crippen LogP) is 2.81. The van der Waals surface area contributed by atoms with Gasteiger partial charge in [0.1, 0.15) is 11.5 Å². The van der Waals surface area contributed by atoms with E-state index in [0.717, 1.165) is 24.8 Å². The molecule has 1 fully saturated rings. The van der Waals surface area contributed by atoms with Gasteiger partial charge < -0.3 is 14.8 Å². The minimum Gasteiger partial charge on any atom is -0.497 e. The first-order valence-electron chi connectivity index (χ1n) is 9.55. The van der Waals surface area contributed by atoms with Crippen molar-refractivity contribution in [2.75, 3.05) is 27.3 Å². The van der Waals surface area contributed by atoms with Crippen LogP contribution in [0.1, 0.15) is 35.2 Å². The molecule has 1 saturated heterocycles. The number of rotatable bonds is 7. The Balaban J connectivity index is 1.73. The maximum Gasteiger partial charge on any atom is 0.251 e. The Morgan fingerprint density at radius 2 is 1.79 bits per heavy atom. The van der Waals surface area contributed by atoms with Crippen molar-refractivity contribution in [3.63, 3.8) is 0 Å². The molecular formula is C21H26N2O5S. The monoisotopic (exact) mass is 418 g/mol. The number of methoxy groups -OCH3 is 2. The number of hydrogen-bond acceptors (Lipinski definition) is 5. The van der Waals surface area contributed by atoms with Crippen LogP contribution >= 0.6 is 0 Å². The summed E-state index contributed by atoms with van der Waals surface area (Å²) in [4.78, 5) is 12.8. The smallest absolute Gasteiger partial charge is 0.251 e. The number of carbonyl (C=O) groups excluding carboxylic acids is 1. The molecule has 0 spiro atoms. The summed E-state index contributed by atoms with van der Waals surface area (Å²) in [6, 6.07) is 11.5. The first-order chi connectivity index (χ1) is 14.0. The lowest BCUT2D eigenvalue weighted by atomic mass is 10.1. The highest BCUT2D eigenvalue weighted by atomic mass is 32.2. The van der Waals surface area contributed by atoms with Crippen molar-refractivity contribution < 1.29 is 22.7 Å². The molecule has 0 radical (unpaired) electrons. The molecule has 0 saturated carbocycles.